The molecule has 20 heavy (non-hydrogen) atoms. The van der Waals surface area contributed by atoms with Gasteiger partial charge in [-0.2, -0.15) is 0 Å². The molecule has 4 rings (SSSR count). The Morgan fingerprint density at radius 1 is 0.600 bits per heavy atom. The van der Waals surface area contributed by atoms with Crippen LogP contribution in [0.4, 0.5) is 0 Å². The van der Waals surface area contributed by atoms with Crippen molar-refractivity contribution in [1.82, 2.24) is 0 Å². The van der Waals surface area contributed by atoms with E-state index in [1.807, 2.05) is 6.07 Å². The van der Waals surface area contributed by atoms with Crippen molar-refractivity contribution in [3.05, 3.63) is 84.9 Å². The summed E-state index contributed by atoms with van der Waals surface area (Å²) in [5.74, 6) is 0. The maximum Gasteiger partial charge on any atom is -0.00923 e. The predicted molar refractivity (Wildman–Crippen MR) is 85.7 cm³/mol. The molecule has 93 valence electrons. The summed E-state index contributed by atoms with van der Waals surface area (Å²) in [5.41, 5.74) is 2.36. The van der Waals surface area contributed by atoms with Crippen LogP contribution in [-0.2, 0) is 0 Å². The average Bonchev–Trinajstić information content (AvgIpc) is 2.55. The van der Waals surface area contributed by atoms with Gasteiger partial charge in [-0.25, -0.2) is 0 Å². The number of benzene rings is 4. The zero-order valence-corrected chi connectivity index (χ0v) is 11.0. The maximum atomic E-state index is 3.42. The first-order chi connectivity index (χ1) is 9.92. The van der Waals surface area contributed by atoms with Crippen LogP contribution in [0.5, 0.6) is 0 Å². The summed E-state index contributed by atoms with van der Waals surface area (Å²) in [4.78, 5) is 0. The lowest BCUT2D eigenvalue weighted by atomic mass is 9.97. The van der Waals surface area contributed by atoms with E-state index in [2.05, 4.69) is 78.9 Å². The SMILES string of the molecule is [c]1cc2c(ccc3ccccc32)cc1-c1ccccc1. The molecule has 0 aliphatic rings. The van der Waals surface area contributed by atoms with Gasteiger partial charge in [0.2, 0.25) is 0 Å². The van der Waals surface area contributed by atoms with Crippen LogP contribution in [0.3, 0.4) is 0 Å². The van der Waals surface area contributed by atoms with E-state index in [-0.39, 0.29) is 0 Å². The fourth-order valence-corrected chi connectivity index (χ4v) is 2.73. The molecule has 0 spiro atoms. The Kier molecular flexibility index (Phi) is 2.53. The van der Waals surface area contributed by atoms with Crippen molar-refractivity contribution in [2.24, 2.45) is 0 Å². The zero-order valence-electron chi connectivity index (χ0n) is 11.0. The summed E-state index contributed by atoms with van der Waals surface area (Å²) in [7, 11) is 0. The van der Waals surface area contributed by atoms with Crippen molar-refractivity contribution in [1.29, 1.82) is 0 Å². The van der Waals surface area contributed by atoms with E-state index in [0.717, 1.165) is 5.56 Å². The Balaban J connectivity index is 1.99. The molecule has 0 heteroatoms. The third kappa shape index (κ3) is 1.78. The van der Waals surface area contributed by atoms with Crippen LogP contribution in [0.2, 0.25) is 0 Å². The van der Waals surface area contributed by atoms with E-state index in [0.29, 0.717) is 0 Å². The minimum Gasteiger partial charge on any atom is -0.0622 e. The summed E-state index contributed by atoms with van der Waals surface area (Å²) in [6.45, 7) is 0. The number of hydrogen-bond donors (Lipinski definition) is 0. The molecule has 0 fully saturated rings. The van der Waals surface area contributed by atoms with Crippen molar-refractivity contribution in [2.75, 3.05) is 0 Å². The van der Waals surface area contributed by atoms with Gasteiger partial charge in [-0.1, -0.05) is 66.7 Å². The summed E-state index contributed by atoms with van der Waals surface area (Å²) in [5, 5.41) is 5.10. The summed E-state index contributed by atoms with van der Waals surface area (Å²) in [6.07, 6.45) is 0. The first kappa shape index (κ1) is 11.2. The molecule has 0 unspecified atom stereocenters. The van der Waals surface area contributed by atoms with Crippen LogP contribution < -0.4 is 0 Å². The van der Waals surface area contributed by atoms with E-state index in [4.69, 9.17) is 0 Å². The molecule has 0 N–H and O–H groups in total. The number of fused-ring (bicyclic) bond motifs is 3. The molecule has 0 bridgehead atoms. The van der Waals surface area contributed by atoms with Crippen LogP contribution >= 0.6 is 0 Å². The van der Waals surface area contributed by atoms with Crippen molar-refractivity contribution in [2.45, 2.75) is 0 Å². The van der Waals surface area contributed by atoms with E-state index >= 15 is 0 Å². The minimum atomic E-state index is 1.15. The van der Waals surface area contributed by atoms with Crippen LogP contribution in [0.1, 0.15) is 0 Å². The second-order valence-corrected chi connectivity index (χ2v) is 5.00. The molecular formula is C20H13. The molecule has 0 nitrogen and oxygen atoms in total. The zero-order chi connectivity index (χ0) is 13.4. The molecular weight excluding hydrogens is 240 g/mol. The highest BCUT2D eigenvalue weighted by Gasteiger charge is 2.02. The van der Waals surface area contributed by atoms with Gasteiger partial charge in [0, 0.05) is 0 Å². The average molecular weight is 253 g/mol. The number of hydrogen-bond acceptors (Lipinski definition) is 0. The molecule has 1 radical (unpaired) electrons. The Morgan fingerprint density at radius 3 is 2.25 bits per heavy atom. The number of rotatable bonds is 1. The Bertz CT molecular complexity index is 889. The van der Waals surface area contributed by atoms with Crippen LogP contribution in [-0.4, -0.2) is 0 Å². The molecule has 0 aromatic heterocycles. The molecule has 0 saturated heterocycles. The maximum absolute atomic E-state index is 3.42. The summed E-state index contributed by atoms with van der Waals surface area (Å²) < 4.78 is 0. The lowest BCUT2D eigenvalue weighted by molar-refractivity contribution is 1.64. The standard InChI is InChI=1S/C20H13/c1-2-6-15(7-3-1)17-12-13-20-18(14-17)11-10-16-8-4-5-9-19(16)20/h1-11,13-14H. The minimum absolute atomic E-state index is 1.15. The largest absolute Gasteiger partial charge is 0.0622 e. The van der Waals surface area contributed by atoms with Crippen LogP contribution in [0.15, 0.2) is 78.9 Å². The predicted octanol–water partition coefficient (Wildman–Crippen LogP) is 5.46. The lowest BCUT2D eigenvalue weighted by Gasteiger charge is -2.06. The molecule has 0 aliphatic carbocycles. The second-order valence-electron chi connectivity index (χ2n) is 5.00. The molecule has 0 heterocycles. The summed E-state index contributed by atoms with van der Waals surface area (Å²) in [6, 6.07) is 31.0. The second kappa shape index (κ2) is 4.50. The fourth-order valence-electron chi connectivity index (χ4n) is 2.73. The van der Waals surface area contributed by atoms with Crippen molar-refractivity contribution >= 4 is 21.5 Å². The van der Waals surface area contributed by atoms with Gasteiger partial charge in [0.15, 0.2) is 0 Å². The van der Waals surface area contributed by atoms with Crippen molar-refractivity contribution in [3.8, 4) is 11.1 Å². The normalized spacial score (nSPS) is 11.0. The van der Waals surface area contributed by atoms with Gasteiger partial charge in [0.25, 0.3) is 0 Å². The molecule has 4 aromatic carbocycles. The molecule has 0 saturated carbocycles. The third-order valence-electron chi connectivity index (χ3n) is 3.76. The smallest absolute Gasteiger partial charge is 0.00923 e. The Hall–Kier alpha value is -2.60. The van der Waals surface area contributed by atoms with Gasteiger partial charge in [0.05, 0.1) is 0 Å². The van der Waals surface area contributed by atoms with E-state index < -0.39 is 0 Å². The third-order valence-corrected chi connectivity index (χ3v) is 3.76. The van der Waals surface area contributed by atoms with Gasteiger partial charge in [-0.3, -0.25) is 0 Å². The highest BCUT2D eigenvalue weighted by molar-refractivity contribution is 6.08. The fraction of sp³-hybridized carbons (Fsp3) is 0. The van der Waals surface area contributed by atoms with Gasteiger partial charge >= 0.3 is 0 Å². The summed E-state index contributed by atoms with van der Waals surface area (Å²) >= 11 is 0. The van der Waals surface area contributed by atoms with E-state index in [1.54, 1.807) is 0 Å². The van der Waals surface area contributed by atoms with Gasteiger partial charge < -0.3 is 0 Å². The van der Waals surface area contributed by atoms with Gasteiger partial charge in [0.1, 0.15) is 0 Å². The Labute approximate surface area is 118 Å². The van der Waals surface area contributed by atoms with E-state index in [1.165, 1.54) is 27.1 Å². The molecule has 0 atom stereocenters. The molecule has 0 aliphatic heterocycles. The quantitative estimate of drug-likeness (QED) is 0.395. The molecule has 4 aromatic rings. The highest BCUT2D eigenvalue weighted by atomic mass is 14.1. The Morgan fingerprint density at radius 2 is 1.35 bits per heavy atom. The van der Waals surface area contributed by atoms with Crippen molar-refractivity contribution < 1.29 is 0 Å². The first-order valence-electron chi connectivity index (χ1n) is 6.80. The monoisotopic (exact) mass is 253 g/mol. The van der Waals surface area contributed by atoms with Gasteiger partial charge in [-0.15, -0.1) is 0 Å². The first-order valence-corrected chi connectivity index (χ1v) is 6.80. The van der Waals surface area contributed by atoms with Gasteiger partial charge in [-0.05, 0) is 50.9 Å². The van der Waals surface area contributed by atoms with Crippen LogP contribution in [0.25, 0.3) is 32.7 Å². The molecule has 0 amide bonds. The highest BCUT2D eigenvalue weighted by Crippen LogP contribution is 2.29. The van der Waals surface area contributed by atoms with Crippen molar-refractivity contribution in [3.63, 3.8) is 0 Å². The van der Waals surface area contributed by atoms with Crippen LogP contribution in [0, 0.1) is 6.07 Å². The topological polar surface area (TPSA) is 0 Å². The van der Waals surface area contributed by atoms with E-state index in [9.17, 15) is 0 Å². The lowest BCUT2D eigenvalue weighted by Crippen LogP contribution is -1.81.